The fourth-order valence-electron chi connectivity index (χ4n) is 1.47. The molecule has 2 N–H and O–H groups in total. The van der Waals surface area contributed by atoms with E-state index < -0.39 is 0 Å². The van der Waals surface area contributed by atoms with Crippen LogP contribution in [0, 0.1) is 0 Å². The van der Waals surface area contributed by atoms with Crippen molar-refractivity contribution in [1.82, 2.24) is 0 Å². The molecule has 0 amide bonds. The molecule has 0 aliphatic rings. The molecule has 2 rings (SSSR count). The first-order valence-electron chi connectivity index (χ1n) is 5.21. The summed E-state index contributed by atoms with van der Waals surface area (Å²) in [7, 11) is 0. The fraction of sp³-hybridized carbons (Fsp3) is 0.0769. The van der Waals surface area contributed by atoms with Gasteiger partial charge in [0.25, 0.3) is 0 Å². The van der Waals surface area contributed by atoms with Crippen LogP contribution in [0.15, 0.2) is 36.4 Å². The molecule has 0 aliphatic heterocycles. The van der Waals surface area contributed by atoms with Gasteiger partial charge in [0.05, 0.1) is 5.02 Å². The Hall–Kier alpha value is -0.930. The highest BCUT2D eigenvalue weighted by atomic mass is 35.5. The van der Waals surface area contributed by atoms with Gasteiger partial charge < -0.3 is 10.5 Å². The summed E-state index contributed by atoms with van der Waals surface area (Å²) in [5.74, 6) is 1.10. The van der Waals surface area contributed by atoms with Crippen LogP contribution >= 0.6 is 34.8 Å². The van der Waals surface area contributed by atoms with E-state index in [2.05, 4.69) is 0 Å². The molecule has 0 aliphatic carbocycles. The molecule has 2 aromatic carbocycles. The van der Waals surface area contributed by atoms with Gasteiger partial charge in [-0.05, 0) is 30.3 Å². The first-order valence-corrected chi connectivity index (χ1v) is 6.35. The summed E-state index contributed by atoms with van der Waals surface area (Å²) < 4.78 is 5.71. The second kappa shape index (κ2) is 5.81. The van der Waals surface area contributed by atoms with Gasteiger partial charge in [0, 0.05) is 22.2 Å². The molecule has 0 saturated carbocycles. The third-order valence-corrected chi connectivity index (χ3v) is 3.13. The molecule has 2 nitrogen and oxygen atoms in total. The monoisotopic (exact) mass is 301 g/mol. The molecule has 18 heavy (non-hydrogen) atoms. The topological polar surface area (TPSA) is 35.2 Å². The summed E-state index contributed by atoms with van der Waals surface area (Å²) >= 11 is 17.8. The maximum absolute atomic E-state index is 6.04. The first kappa shape index (κ1) is 13.5. The van der Waals surface area contributed by atoms with Crippen molar-refractivity contribution in [2.75, 3.05) is 0 Å². The number of nitrogens with two attached hydrogens (primary N) is 1. The summed E-state index contributed by atoms with van der Waals surface area (Å²) in [5, 5.41) is 1.57. The van der Waals surface area contributed by atoms with E-state index in [4.69, 9.17) is 45.3 Å². The number of halogens is 3. The largest absolute Gasteiger partial charge is 0.455 e. The number of hydrogen-bond donors (Lipinski definition) is 1. The van der Waals surface area contributed by atoms with Crippen molar-refractivity contribution in [1.29, 1.82) is 0 Å². The van der Waals surface area contributed by atoms with E-state index in [0.29, 0.717) is 33.1 Å². The van der Waals surface area contributed by atoms with Crippen molar-refractivity contribution >= 4 is 34.8 Å². The predicted octanol–water partition coefficient (Wildman–Crippen LogP) is 4.90. The Morgan fingerprint density at radius 3 is 2.22 bits per heavy atom. The quantitative estimate of drug-likeness (QED) is 0.875. The van der Waals surface area contributed by atoms with Crippen molar-refractivity contribution in [3.63, 3.8) is 0 Å². The number of rotatable bonds is 3. The maximum Gasteiger partial charge on any atom is 0.146 e. The predicted molar refractivity (Wildman–Crippen MR) is 75.9 cm³/mol. The van der Waals surface area contributed by atoms with Crippen LogP contribution in [0.5, 0.6) is 11.5 Å². The highest BCUT2D eigenvalue weighted by molar-refractivity contribution is 6.35. The SMILES string of the molecule is NCc1ccc(Cl)cc1Oc1ccc(Cl)cc1Cl. The Morgan fingerprint density at radius 2 is 1.56 bits per heavy atom. The molecule has 94 valence electrons. The summed E-state index contributed by atoms with van der Waals surface area (Å²) in [6, 6.07) is 10.3. The normalized spacial score (nSPS) is 10.4. The summed E-state index contributed by atoms with van der Waals surface area (Å²) in [5.41, 5.74) is 6.49. The Balaban J connectivity index is 2.36. The Labute approximate surface area is 120 Å². The summed E-state index contributed by atoms with van der Waals surface area (Å²) in [6.07, 6.45) is 0. The molecular formula is C13H10Cl3NO. The minimum absolute atomic E-state index is 0.359. The molecule has 0 heterocycles. The highest BCUT2D eigenvalue weighted by Crippen LogP contribution is 2.34. The zero-order valence-electron chi connectivity index (χ0n) is 9.29. The van der Waals surface area contributed by atoms with Crippen LogP contribution in [0.25, 0.3) is 0 Å². The van der Waals surface area contributed by atoms with Gasteiger partial charge in [-0.1, -0.05) is 40.9 Å². The second-order valence-electron chi connectivity index (χ2n) is 3.63. The van der Waals surface area contributed by atoms with Gasteiger partial charge in [0.1, 0.15) is 11.5 Å². The van der Waals surface area contributed by atoms with Gasteiger partial charge in [0.2, 0.25) is 0 Å². The van der Waals surface area contributed by atoms with Gasteiger partial charge >= 0.3 is 0 Å². The molecule has 2 aromatic rings. The maximum atomic E-state index is 6.04. The summed E-state index contributed by atoms with van der Waals surface area (Å²) in [6.45, 7) is 0.359. The molecule has 0 spiro atoms. The Kier molecular flexibility index (Phi) is 4.36. The van der Waals surface area contributed by atoms with Crippen LogP contribution in [0.2, 0.25) is 15.1 Å². The third-order valence-electron chi connectivity index (χ3n) is 2.36. The molecule has 0 fully saturated rings. The first-order chi connectivity index (χ1) is 8.60. The fourth-order valence-corrected chi connectivity index (χ4v) is 2.08. The lowest BCUT2D eigenvalue weighted by Crippen LogP contribution is -1.99. The van der Waals surface area contributed by atoms with Gasteiger partial charge in [-0.3, -0.25) is 0 Å². The Bertz CT molecular complexity index is 572. The summed E-state index contributed by atoms with van der Waals surface area (Å²) in [4.78, 5) is 0. The van der Waals surface area contributed by atoms with E-state index in [-0.39, 0.29) is 0 Å². The lowest BCUT2D eigenvalue weighted by atomic mass is 10.2. The van der Waals surface area contributed by atoms with Crippen LogP contribution in [0.4, 0.5) is 0 Å². The average molecular weight is 303 g/mol. The zero-order chi connectivity index (χ0) is 13.1. The van der Waals surface area contributed by atoms with E-state index in [1.54, 1.807) is 30.3 Å². The lowest BCUT2D eigenvalue weighted by Gasteiger charge is -2.11. The van der Waals surface area contributed by atoms with Crippen molar-refractivity contribution in [2.24, 2.45) is 5.73 Å². The van der Waals surface area contributed by atoms with Crippen molar-refractivity contribution in [3.8, 4) is 11.5 Å². The molecule has 0 aromatic heterocycles. The number of hydrogen-bond acceptors (Lipinski definition) is 2. The second-order valence-corrected chi connectivity index (χ2v) is 4.91. The standard InChI is InChI=1S/C13H10Cl3NO/c14-9-3-4-12(11(16)5-9)18-13-6-10(15)2-1-8(13)7-17/h1-6H,7,17H2. The lowest BCUT2D eigenvalue weighted by molar-refractivity contribution is 0.476. The van der Waals surface area contributed by atoms with E-state index in [1.807, 2.05) is 6.07 Å². The molecule has 0 atom stereocenters. The Morgan fingerprint density at radius 1 is 0.889 bits per heavy atom. The van der Waals surface area contributed by atoms with Gasteiger partial charge in [0.15, 0.2) is 0 Å². The molecule has 0 saturated heterocycles. The van der Waals surface area contributed by atoms with Crippen LogP contribution in [-0.4, -0.2) is 0 Å². The van der Waals surface area contributed by atoms with Crippen molar-refractivity contribution < 1.29 is 4.74 Å². The minimum Gasteiger partial charge on any atom is -0.455 e. The molecule has 0 unspecified atom stereocenters. The van der Waals surface area contributed by atoms with E-state index >= 15 is 0 Å². The number of benzene rings is 2. The van der Waals surface area contributed by atoms with E-state index in [9.17, 15) is 0 Å². The number of ether oxygens (including phenoxy) is 1. The van der Waals surface area contributed by atoms with Crippen LogP contribution in [0.1, 0.15) is 5.56 Å². The minimum atomic E-state index is 0.359. The molecule has 5 heteroatoms. The van der Waals surface area contributed by atoms with Crippen LogP contribution in [0.3, 0.4) is 0 Å². The molecule has 0 radical (unpaired) electrons. The molecule has 0 bridgehead atoms. The average Bonchev–Trinajstić information content (AvgIpc) is 2.33. The molecular weight excluding hydrogens is 293 g/mol. The van der Waals surface area contributed by atoms with E-state index in [0.717, 1.165) is 5.56 Å². The van der Waals surface area contributed by atoms with E-state index in [1.165, 1.54) is 0 Å². The van der Waals surface area contributed by atoms with Crippen LogP contribution < -0.4 is 10.5 Å². The van der Waals surface area contributed by atoms with Gasteiger partial charge in [-0.25, -0.2) is 0 Å². The van der Waals surface area contributed by atoms with Crippen LogP contribution in [-0.2, 0) is 6.54 Å². The van der Waals surface area contributed by atoms with Gasteiger partial charge in [-0.15, -0.1) is 0 Å². The van der Waals surface area contributed by atoms with Crippen molar-refractivity contribution in [3.05, 3.63) is 57.0 Å². The van der Waals surface area contributed by atoms with Crippen molar-refractivity contribution in [2.45, 2.75) is 6.54 Å². The smallest absolute Gasteiger partial charge is 0.146 e. The zero-order valence-corrected chi connectivity index (χ0v) is 11.6. The highest BCUT2D eigenvalue weighted by Gasteiger charge is 2.08. The van der Waals surface area contributed by atoms with Gasteiger partial charge in [-0.2, -0.15) is 0 Å². The third kappa shape index (κ3) is 3.09.